The summed E-state index contributed by atoms with van der Waals surface area (Å²) in [6, 6.07) is 11.0. The van der Waals surface area contributed by atoms with Crippen molar-refractivity contribution in [2.45, 2.75) is 33.7 Å². The third-order valence-corrected chi connectivity index (χ3v) is 3.80. The maximum Gasteiger partial charge on any atom is 0.330 e. The van der Waals surface area contributed by atoms with E-state index >= 15 is 0 Å². The molecule has 2 aromatic carbocycles. The second-order valence-electron chi connectivity index (χ2n) is 5.57. The molecule has 2 aromatic rings. The number of carboxylic acids is 1. The molecule has 3 heteroatoms. The van der Waals surface area contributed by atoms with E-state index in [4.69, 9.17) is 0 Å². The number of carboxylic acid groups (broad SMARTS) is 1. The van der Waals surface area contributed by atoms with Crippen LogP contribution in [0.2, 0.25) is 0 Å². The Hall–Kier alpha value is -2.29. The molecule has 0 spiro atoms. The SMILES string of the molecule is Cc1ccc(NC(C(=O)O)c2cc(C)c(C)cc2C)cc1. The number of anilines is 1. The van der Waals surface area contributed by atoms with E-state index in [1.54, 1.807) is 0 Å². The second-order valence-corrected chi connectivity index (χ2v) is 5.57. The van der Waals surface area contributed by atoms with Crippen LogP contribution in [0.1, 0.15) is 33.9 Å². The number of hydrogen-bond donors (Lipinski definition) is 2. The zero-order chi connectivity index (χ0) is 15.6. The third-order valence-electron chi connectivity index (χ3n) is 3.80. The van der Waals surface area contributed by atoms with Gasteiger partial charge >= 0.3 is 5.97 Å². The van der Waals surface area contributed by atoms with Gasteiger partial charge in [0, 0.05) is 5.69 Å². The summed E-state index contributed by atoms with van der Waals surface area (Å²) in [5, 5.41) is 12.7. The van der Waals surface area contributed by atoms with E-state index in [1.807, 2.05) is 64.1 Å². The zero-order valence-electron chi connectivity index (χ0n) is 12.9. The number of carbonyl (C=O) groups is 1. The molecule has 21 heavy (non-hydrogen) atoms. The van der Waals surface area contributed by atoms with E-state index in [9.17, 15) is 9.90 Å². The van der Waals surface area contributed by atoms with Crippen LogP contribution in [0.25, 0.3) is 0 Å². The molecule has 1 atom stereocenters. The Kier molecular flexibility index (Phi) is 4.32. The Bertz CT molecular complexity index is 660. The molecule has 110 valence electrons. The first-order valence-electron chi connectivity index (χ1n) is 7.02. The molecule has 0 saturated heterocycles. The molecule has 0 aliphatic carbocycles. The van der Waals surface area contributed by atoms with Gasteiger partial charge < -0.3 is 10.4 Å². The van der Waals surface area contributed by atoms with Gasteiger partial charge in [-0.05, 0) is 62.1 Å². The van der Waals surface area contributed by atoms with Gasteiger partial charge in [0.25, 0.3) is 0 Å². The minimum Gasteiger partial charge on any atom is -0.479 e. The zero-order valence-corrected chi connectivity index (χ0v) is 12.9. The van der Waals surface area contributed by atoms with Gasteiger partial charge in [-0.1, -0.05) is 29.8 Å². The average Bonchev–Trinajstić information content (AvgIpc) is 2.42. The van der Waals surface area contributed by atoms with Crippen molar-refractivity contribution in [3.8, 4) is 0 Å². The molecule has 0 fully saturated rings. The molecular formula is C18H21NO2. The van der Waals surface area contributed by atoms with E-state index in [0.717, 1.165) is 27.9 Å². The van der Waals surface area contributed by atoms with E-state index in [0.29, 0.717) is 0 Å². The molecule has 1 unspecified atom stereocenters. The number of hydrogen-bond acceptors (Lipinski definition) is 2. The normalized spacial score (nSPS) is 12.0. The average molecular weight is 283 g/mol. The molecule has 0 bridgehead atoms. The van der Waals surface area contributed by atoms with Gasteiger partial charge in [-0.3, -0.25) is 0 Å². The first kappa shape index (κ1) is 15.1. The van der Waals surface area contributed by atoms with Crippen LogP contribution in [0, 0.1) is 27.7 Å². The smallest absolute Gasteiger partial charge is 0.330 e. The van der Waals surface area contributed by atoms with E-state index in [-0.39, 0.29) is 0 Å². The molecule has 0 heterocycles. The summed E-state index contributed by atoms with van der Waals surface area (Å²) in [6.07, 6.45) is 0. The Labute approximate surface area is 125 Å². The van der Waals surface area contributed by atoms with Crippen LogP contribution < -0.4 is 5.32 Å². The second kappa shape index (κ2) is 6.00. The summed E-state index contributed by atoms with van der Waals surface area (Å²) >= 11 is 0. The highest BCUT2D eigenvalue weighted by molar-refractivity contribution is 5.80. The number of aliphatic carboxylic acids is 1. The number of benzene rings is 2. The lowest BCUT2D eigenvalue weighted by Gasteiger charge is -2.20. The highest BCUT2D eigenvalue weighted by Gasteiger charge is 2.22. The summed E-state index contributed by atoms with van der Waals surface area (Å²) in [4.78, 5) is 11.7. The van der Waals surface area contributed by atoms with Crippen molar-refractivity contribution < 1.29 is 9.90 Å². The van der Waals surface area contributed by atoms with Gasteiger partial charge in [0.1, 0.15) is 0 Å². The minimum atomic E-state index is -0.873. The summed E-state index contributed by atoms with van der Waals surface area (Å²) in [5.74, 6) is -0.873. The Morgan fingerprint density at radius 3 is 2.10 bits per heavy atom. The van der Waals surface area contributed by atoms with Gasteiger partial charge in [-0.15, -0.1) is 0 Å². The highest BCUT2D eigenvalue weighted by Crippen LogP contribution is 2.25. The van der Waals surface area contributed by atoms with Crippen LogP contribution in [0.4, 0.5) is 5.69 Å². The van der Waals surface area contributed by atoms with Gasteiger partial charge in [0.2, 0.25) is 0 Å². The fourth-order valence-electron chi connectivity index (χ4n) is 2.38. The lowest BCUT2D eigenvalue weighted by molar-refractivity contribution is -0.138. The summed E-state index contributed by atoms with van der Waals surface area (Å²) < 4.78 is 0. The number of rotatable bonds is 4. The van der Waals surface area contributed by atoms with Crippen LogP contribution in [0.3, 0.4) is 0 Å². The largest absolute Gasteiger partial charge is 0.479 e. The molecule has 0 radical (unpaired) electrons. The highest BCUT2D eigenvalue weighted by atomic mass is 16.4. The van der Waals surface area contributed by atoms with Gasteiger partial charge in [-0.2, -0.15) is 0 Å². The van der Waals surface area contributed by atoms with Crippen molar-refractivity contribution in [2.24, 2.45) is 0 Å². The monoisotopic (exact) mass is 283 g/mol. The Morgan fingerprint density at radius 1 is 0.952 bits per heavy atom. The standard InChI is InChI=1S/C18H21NO2/c1-11-5-7-15(8-6-11)19-17(18(20)21)16-10-13(3)12(2)9-14(16)4/h5-10,17,19H,1-4H3,(H,20,21). The first-order chi connectivity index (χ1) is 9.88. The number of nitrogens with one attached hydrogen (secondary N) is 1. The maximum atomic E-state index is 11.7. The van der Waals surface area contributed by atoms with E-state index in [1.165, 1.54) is 5.56 Å². The Balaban J connectivity index is 2.38. The summed E-state index contributed by atoms with van der Waals surface area (Å²) in [5.41, 5.74) is 6.04. The Morgan fingerprint density at radius 2 is 1.52 bits per heavy atom. The fraction of sp³-hybridized carbons (Fsp3) is 0.278. The quantitative estimate of drug-likeness (QED) is 0.886. The first-order valence-corrected chi connectivity index (χ1v) is 7.02. The minimum absolute atomic E-state index is 0.744. The third kappa shape index (κ3) is 3.43. The molecule has 0 aliphatic rings. The molecular weight excluding hydrogens is 262 g/mol. The predicted octanol–water partition coefficient (Wildman–Crippen LogP) is 4.16. The van der Waals surface area contributed by atoms with Gasteiger partial charge in [-0.25, -0.2) is 4.79 Å². The molecule has 0 aliphatic heterocycles. The van der Waals surface area contributed by atoms with Crippen molar-refractivity contribution in [3.63, 3.8) is 0 Å². The predicted molar refractivity (Wildman–Crippen MR) is 85.8 cm³/mol. The van der Waals surface area contributed by atoms with Crippen LogP contribution in [0.5, 0.6) is 0 Å². The van der Waals surface area contributed by atoms with Gasteiger partial charge in [0.15, 0.2) is 6.04 Å². The van der Waals surface area contributed by atoms with Crippen LogP contribution in [-0.2, 0) is 4.79 Å². The van der Waals surface area contributed by atoms with E-state index < -0.39 is 12.0 Å². The maximum absolute atomic E-state index is 11.7. The van der Waals surface area contributed by atoms with Crippen molar-refractivity contribution in [1.82, 2.24) is 0 Å². The van der Waals surface area contributed by atoms with Crippen LogP contribution in [-0.4, -0.2) is 11.1 Å². The molecule has 3 nitrogen and oxygen atoms in total. The molecule has 2 rings (SSSR count). The number of aryl methyl sites for hydroxylation is 4. The van der Waals surface area contributed by atoms with Crippen LogP contribution in [0.15, 0.2) is 36.4 Å². The molecule has 0 aromatic heterocycles. The molecule has 0 amide bonds. The van der Waals surface area contributed by atoms with Crippen molar-refractivity contribution >= 4 is 11.7 Å². The van der Waals surface area contributed by atoms with Gasteiger partial charge in [0.05, 0.1) is 0 Å². The topological polar surface area (TPSA) is 49.3 Å². The lowest BCUT2D eigenvalue weighted by Crippen LogP contribution is -2.21. The van der Waals surface area contributed by atoms with E-state index in [2.05, 4.69) is 5.32 Å². The molecule has 2 N–H and O–H groups in total. The lowest BCUT2D eigenvalue weighted by atomic mass is 9.95. The van der Waals surface area contributed by atoms with Crippen molar-refractivity contribution in [1.29, 1.82) is 0 Å². The van der Waals surface area contributed by atoms with Crippen molar-refractivity contribution in [2.75, 3.05) is 5.32 Å². The summed E-state index contributed by atoms with van der Waals surface area (Å²) in [7, 11) is 0. The fourth-order valence-corrected chi connectivity index (χ4v) is 2.38. The van der Waals surface area contributed by atoms with Crippen LogP contribution >= 0.6 is 0 Å². The van der Waals surface area contributed by atoms with Crippen molar-refractivity contribution in [3.05, 3.63) is 64.2 Å². The molecule has 0 saturated carbocycles. The summed E-state index contributed by atoms with van der Waals surface area (Å²) in [6.45, 7) is 8.00.